The molecule has 0 bridgehead atoms. The third kappa shape index (κ3) is 3.55. The van der Waals surface area contributed by atoms with Gasteiger partial charge in [0.05, 0.1) is 41.8 Å². The maximum Gasteiger partial charge on any atom is 0.306 e. The topological polar surface area (TPSA) is 79.7 Å². The Morgan fingerprint density at radius 3 is 2.69 bits per heavy atom. The van der Waals surface area contributed by atoms with E-state index < -0.39 is 0 Å². The van der Waals surface area contributed by atoms with Crippen LogP contribution in [0.2, 0.25) is 0 Å². The number of ether oxygens (including phenoxy) is 1. The van der Waals surface area contributed by atoms with Crippen molar-refractivity contribution in [1.29, 1.82) is 0 Å². The van der Waals surface area contributed by atoms with Gasteiger partial charge in [-0.3, -0.25) is 4.79 Å². The molecule has 1 aromatic rings. The van der Waals surface area contributed by atoms with Crippen LogP contribution in [0, 0.1) is 0 Å². The molecule has 0 aliphatic rings. The highest BCUT2D eigenvalue weighted by Crippen LogP contribution is 2.20. The van der Waals surface area contributed by atoms with Crippen LogP contribution in [-0.2, 0) is 29.2 Å². The van der Waals surface area contributed by atoms with Gasteiger partial charge in [0.2, 0.25) is 0 Å². The van der Waals surface area contributed by atoms with Crippen LogP contribution in [-0.4, -0.2) is 27.8 Å². The van der Waals surface area contributed by atoms with E-state index in [1.807, 2.05) is 0 Å². The minimum Gasteiger partial charge on any atom is -0.466 e. The Bertz CT molecular complexity index is 329. The summed E-state index contributed by atoms with van der Waals surface area (Å²) in [6, 6.07) is 0. The SMILES string of the molecule is CCOC(=O)CCc1nc(CO)c(CO)s1. The van der Waals surface area contributed by atoms with E-state index in [0.29, 0.717) is 23.6 Å². The fourth-order valence-electron chi connectivity index (χ4n) is 1.23. The number of aromatic nitrogens is 1. The van der Waals surface area contributed by atoms with Gasteiger partial charge in [-0.15, -0.1) is 11.3 Å². The molecule has 0 atom stereocenters. The third-order valence-electron chi connectivity index (χ3n) is 1.96. The van der Waals surface area contributed by atoms with Gasteiger partial charge in [-0.1, -0.05) is 0 Å². The number of aliphatic hydroxyl groups excluding tert-OH is 2. The van der Waals surface area contributed by atoms with Gasteiger partial charge in [0.25, 0.3) is 0 Å². The molecule has 1 rings (SSSR count). The molecule has 0 radical (unpaired) electrons. The van der Waals surface area contributed by atoms with E-state index in [0.717, 1.165) is 5.01 Å². The average Bonchev–Trinajstić information content (AvgIpc) is 2.69. The number of esters is 1. The van der Waals surface area contributed by atoms with Crippen LogP contribution < -0.4 is 0 Å². The van der Waals surface area contributed by atoms with Gasteiger partial charge in [0.15, 0.2) is 0 Å². The molecule has 16 heavy (non-hydrogen) atoms. The van der Waals surface area contributed by atoms with Crippen molar-refractivity contribution in [3.8, 4) is 0 Å². The van der Waals surface area contributed by atoms with Crippen LogP contribution in [0.5, 0.6) is 0 Å². The van der Waals surface area contributed by atoms with Gasteiger partial charge in [0.1, 0.15) is 0 Å². The first-order chi connectivity index (χ1) is 7.71. The van der Waals surface area contributed by atoms with Crippen LogP contribution in [0.3, 0.4) is 0 Å². The number of hydrogen-bond donors (Lipinski definition) is 2. The lowest BCUT2D eigenvalue weighted by molar-refractivity contribution is -0.143. The molecule has 2 N–H and O–H groups in total. The van der Waals surface area contributed by atoms with Gasteiger partial charge in [-0.05, 0) is 6.92 Å². The summed E-state index contributed by atoms with van der Waals surface area (Å²) >= 11 is 1.32. The Kier molecular flexibility index (Phi) is 5.37. The lowest BCUT2D eigenvalue weighted by Gasteiger charge is -1.98. The summed E-state index contributed by atoms with van der Waals surface area (Å²) in [5, 5.41) is 18.7. The Hall–Kier alpha value is -0.980. The number of rotatable bonds is 6. The van der Waals surface area contributed by atoms with Gasteiger partial charge in [0, 0.05) is 6.42 Å². The molecule has 6 heteroatoms. The molecule has 0 saturated carbocycles. The highest BCUT2D eigenvalue weighted by atomic mass is 32.1. The summed E-state index contributed by atoms with van der Waals surface area (Å²) in [7, 11) is 0. The molecule has 0 spiro atoms. The number of aryl methyl sites for hydroxylation is 1. The quantitative estimate of drug-likeness (QED) is 0.718. The van der Waals surface area contributed by atoms with Crippen LogP contribution in [0.15, 0.2) is 0 Å². The largest absolute Gasteiger partial charge is 0.466 e. The molecule has 0 aromatic carbocycles. The predicted octanol–water partition coefficient (Wildman–Crippen LogP) is 0.623. The van der Waals surface area contributed by atoms with Crippen molar-refractivity contribution in [1.82, 2.24) is 4.98 Å². The van der Waals surface area contributed by atoms with Crippen molar-refractivity contribution in [2.75, 3.05) is 6.61 Å². The first kappa shape index (κ1) is 13.1. The molecule has 0 unspecified atom stereocenters. The molecule has 0 fully saturated rings. The highest BCUT2D eigenvalue weighted by Gasteiger charge is 2.11. The number of hydrogen-bond acceptors (Lipinski definition) is 6. The molecular formula is C10H15NO4S. The maximum atomic E-state index is 11.1. The van der Waals surface area contributed by atoms with E-state index in [9.17, 15) is 4.79 Å². The summed E-state index contributed by atoms with van der Waals surface area (Å²) in [5.41, 5.74) is 0.492. The van der Waals surface area contributed by atoms with E-state index in [4.69, 9.17) is 14.9 Å². The molecule has 1 aromatic heterocycles. The van der Waals surface area contributed by atoms with Gasteiger partial charge < -0.3 is 14.9 Å². The predicted molar refractivity (Wildman–Crippen MR) is 58.9 cm³/mol. The van der Waals surface area contributed by atoms with E-state index in [-0.39, 0.29) is 25.6 Å². The number of carbonyl (C=O) groups excluding carboxylic acids is 1. The second-order valence-electron chi connectivity index (χ2n) is 3.10. The van der Waals surface area contributed by atoms with Crippen molar-refractivity contribution in [2.24, 2.45) is 0 Å². The van der Waals surface area contributed by atoms with Crippen LogP contribution in [0.4, 0.5) is 0 Å². The smallest absolute Gasteiger partial charge is 0.306 e. The van der Waals surface area contributed by atoms with Gasteiger partial charge in [-0.25, -0.2) is 4.98 Å². The number of nitrogens with zero attached hydrogens (tertiary/aromatic N) is 1. The number of aliphatic hydroxyl groups is 2. The summed E-state index contributed by atoms with van der Waals surface area (Å²) in [6.07, 6.45) is 0.758. The fourth-order valence-corrected chi connectivity index (χ4v) is 2.17. The summed E-state index contributed by atoms with van der Waals surface area (Å²) in [5.74, 6) is -0.256. The minimum absolute atomic E-state index is 0.132. The van der Waals surface area contributed by atoms with Crippen molar-refractivity contribution >= 4 is 17.3 Å². The number of carbonyl (C=O) groups is 1. The first-order valence-electron chi connectivity index (χ1n) is 5.06. The molecule has 5 nitrogen and oxygen atoms in total. The third-order valence-corrected chi connectivity index (χ3v) is 3.11. The average molecular weight is 245 g/mol. The molecule has 0 saturated heterocycles. The van der Waals surface area contributed by atoms with Crippen LogP contribution >= 0.6 is 11.3 Å². The van der Waals surface area contributed by atoms with E-state index in [1.165, 1.54) is 11.3 Å². The van der Waals surface area contributed by atoms with Crippen molar-refractivity contribution in [2.45, 2.75) is 33.0 Å². The standard InChI is InChI=1S/C10H15NO4S/c1-2-15-10(14)4-3-9-11-7(5-12)8(6-13)16-9/h12-13H,2-6H2,1H3. The molecule has 0 amide bonds. The van der Waals surface area contributed by atoms with E-state index in [2.05, 4.69) is 4.98 Å². The molecule has 90 valence electrons. The second kappa shape index (κ2) is 6.57. The van der Waals surface area contributed by atoms with Crippen molar-refractivity contribution in [3.05, 3.63) is 15.6 Å². The summed E-state index contributed by atoms with van der Waals surface area (Å²) < 4.78 is 4.79. The Morgan fingerprint density at radius 1 is 1.44 bits per heavy atom. The zero-order valence-corrected chi connectivity index (χ0v) is 9.92. The molecule has 0 aliphatic heterocycles. The van der Waals surface area contributed by atoms with Gasteiger partial charge in [-0.2, -0.15) is 0 Å². The summed E-state index contributed by atoms with van der Waals surface area (Å²) in [6.45, 7) is 1.81. The minimum atomic E-state index is -0.256. The van der Waals surface area contributed by atoms with Crippen LogP contribution in [0.1, 0.15) is 28.9 Å². The molecule has 1 heterocycles. The van der Waals surface area contributed by atoms with Gasteiger partial charge >= 0.3 is 5.97 Å². The fraction of sp³-hybridized carbons (Fsp3) is 0.600. The van der Waals surface area contributed by atoms with E-state index in [1.54, 1.807) is 6.92 Å². The second-order valence-corrected chi connectivity index (χ2v) is 4.27. The molecule has 0 aliphatic carbocycles. The van der Waals surface area contributed by atoms with Crippen LogP contribution in [0.25, 0.3) is 0 Å². The zero-order chi connectivity index (χ0) is 12.0. The highest BCUT2D eigenvalue weighted by molar-refractivity contribution is 7.11. The summed E-state index contributed by atoms with van der Waals surface area (Å²) in [4.78, 5) is 15.9. The Morgan fingerprint density at radius 2 is 2.19 bits per heavy atom. The maximum absolute atomic E-state index is 11.1. The lowest BCUT2D eigenvalue weighted by Crippen LogP contribution is -2.05. The zero-order valence-electron chi connectivity index (χ0n) is 9.10. The normalized spacial score (nSPS) is 10.4. The van der Waals surface area contributed by atoms with E-state index >= 15 is 0 Å². The first-order valence-corrected chi connectivity index (χ1v) is 5.87. The Labute approximate surface area is 97.7 Å². The molecular weight excluding hydrogens is 230 g/mol. The Balaban J connectivity index is 2.54. The monoisotopic (exact) mass is 245 g/mol. The number of thiazole rings is 1. The lowest BCUT2D eigenvalue weighted by atomic mass is 10.3. The van der Waals surface area contributed by atoms with Crippen molar-refractivity contribution in [3.63, 3.8) is 0 Å². The van der Waals surface area contributed by atoms with Crippen molar-refractivity contribution < 1.29 is 19.7 Å².